The van der Waals surface area contributed by atoms with Crippen molar-refractivity contribution in [1.82, 2.24) is 19.7 Å². The summed E-state index contributed by atoms with van der Waals surface area (Å²) < 4.78 is 1.50. The summed E-state index contributed by atoms with van der Waals surface area (Å²) in [6, 6.07) is 10.9. The number of hydrogen-bond donors (Lipinski definition) is 1. The molecule has 0 aliphatic carbocycles. The predicted molar refractivity (Wildman–Crippen MR) is 71.5 cm³/mol. The van der Waals surface area contributed by atoms with E-state index in [2.05, 4.69) is 15.1 Å². The molecule has 0 atom stereocenters. The van der Waals surface area contributed by atoms with E-state index in [1.165, 1.54) is 17.2 Å². The maximum atomic E-state index is 11.4. The first-order chi connectivity index (χ1) is 9.77. The molecule has 0 aliphatic rings. The average Bonchev–Trinajstić information content (AvgIpc) is 2.94. The van der Waals surface area contributed by atoms with Gasteiger partial charge in [0.1, 0.15) is 11.9 Å². The molecule has 2 aromatic heterocycles. The summed E-state index contributed by atoms with van der Waals surface area (Å²) in [5, 5.41) is 13.4. The number of aromatic nitrogens is 4. The molecule has 20 heavy (non-hydrogen) atoms. The minimum absolute atomic E-state index is 0.134. The summed E-state index contributed by atoms with van der Waals surface area (Å²) in [5.74, 6) is -0.504. The van der Waals surface area contributed by atoms with Crippen molar-refractivity contribution in [3.8, 4) is 17.1 Å². The van der Waals surface area contributed by atoms with Crippen molar-refractivity contribution in [3.05, 3.63) is 60.7 Å². The molecule has 0 aliphatic heterocycles. The minimum Gasteiger partial charge on any atom is -0.478 e. The monoisotopic (exact) mass is 266 g/mol. The molecule has 1 aromatic carbocycles. The first kappa shape index (κ1) is 12.0. The fourth-order valence-electron chi connectivity index (χ4n) is 1.96. The molecular weight excluding hydrogens is 256 g/mol. The van der Waals surface area contributed by atoms with Crippen molar-refractivity contribution in [2.45, 2.75) is 0 Å². The SMILES string of the molecule is O=C(O)c1cnn(-c2ccncn2)c1-c1ccccc1. The van der Waals surface area contributed by atoms with Gasteiger partial charge in [0.15, 0.2) is 5.82 Å². The Labute approximate surface area is 114 Å². The number of carboxylic acids is 1. The third kappa shape index (κ3) is 2.03. The van der Waals surface area contributed by atoms with Crippen LogP contribution in [-0.4, -0.2) is 30.8 Å². The zero-order valence-corrected chi connectivity index (χ0v) is 10.3. The van der Waals surface area contributed by atoms with E-state index in [4.69, 9.17) is 0 Å². The summed E-state index contributed by atoms with van der Waals surface area (Å²) in [4.78, 5) is 19.3. The number of carbonyl (C=O) groups is 1. The predicted octanol–water partition coefficient (Wildman–Crippen LogP) is 2.03. The number of rotatable bonds is 3. The Morgan fingerprint density at radius 3 is 2.60 bits per heavy atom. The van der Waals surface area contributed by atoms with E-state index < -0.39 is 5.97 Å². The largest absolute Gasteiger partial charge is 0.478 e. The molecule has 1 N–H and O–H groups in total. The quantitative estimate of drug-likeness (QED) is 0.784. The van der Waals surface area contributed by atoms with Gasteiger partial charge in [0.25, 0.3) is 0 Å². The van der Waals surface area contributed by atoms with Gasteiger partial charge in [-0.3, -0.25) is 0 Å². The molecule has 0 spiro atoms. The highest BCUT2D eigenvalue weighted by molar-refractivity contribution is 5.95. The molecule has 6 nitrogen and oxygen atoms in total. The molecule has 0 unspecified atom stereocenters. The maximum absolute atomic E-state index is 11.4. The van der Waals surface area contributed by atoms with Crippen LogP contribution >= 0.6 is 0 Å². The summed E-state index contributed by atoms with van der Waals surface area (Å²) in [6.45, 7) is 0. The van der Waals surface area contributed by atoms with Gasteiger partial charge >= 0.3 is 5.97 Å². The van der Waals surface area contributed by atoms with Crippen molar-refractivity contribution in [2.24, 2.45) is 0 Å². The average molecular weight is 266 g/mol. The van der Waals surface area contributed by atoms with Gasteiger partial charge in [-0.05, 0) is 0 Å². The summed E-state index contributed by atoms with van der Waals surface area (Å²) >= 11 is 0. The van der Waals surface area contributed by atoms with Crippen molar-refractivity contribution in [1.29, 1.82) is 0 Å². The highest BCUT2D eigenvalue weighted by atomic mass is 16.4. The van der Waals surface area contributed by atoms with E-state index in [0.717, 1.165) is 5.56 Å². The van der Waals surface area contributed by atoms with Crippen LogP contribution in [0.4, 0.5) is 0 Å². The van der Waals surface area contributed by atoms with Crippen molar-refractivity contribution >= 4 is 5.97 Å². The van der Waals surface area contributed by atoms with Crippen LogP contribution in [0.2, 0.25) is 0 Å². The lowest BCUT2D eigenvalue weighted by Gasteiger charge is -2.07. The van der Waals surface area contributed by atoms with Crippen molar-refractivity contribution < 1.29 is 9.90 Å². The van der Waals surface area contributed by atoms with Crippen LogP contribution in [0.3, 0.4) is 0 Å². The molecule has 6 heteroatoms. The lowest BCUT2D eigenvalue weighted by atomic mass is 10.1. The van der Waals surface area contributed by atoms with E-state index >= 15 is 0 Å². The van der Waals surface area contributed by atoms with Gasteiger partial charge in [0.05, 0.1) is 11.9 Å². The molecule has 3 rings (SSSR count). The summed E-state index contributed by atoms with van der Waals surface area (Å²) in [5.41, 5.74) is 1.40. The fourth-order valence-corrected chi connectivity index (χ4v) is 1.96. The molecule has 2 heterocycles. The number of hydrogen-bond acceptors (Lipinski definition) is 4. The van der Waals surface area contributed by atoms with E-state index in [1.807, 2.05) is 30.3 Å². The highest BCUT2D eigenvalue weighted by Gasteiger charge is 2.19. The smallest absolute Gasteiger partial charge is 0.339 e. The van der Waals surface area contributed by atoms with Crippen LogP contribution < -0.4 is 0 Å². The third-order valence-electron chi connectivity index (χ3n) is 2.83. The first-order valence-corrected chi connectivity index (χ1v) is 5.90. The maximum Gasteiger partial charge on any atom is 0.339 e. The second-order valence-corrected chi connectivity index (χ2v) is 4.06. The molecule has 0 radical (unpaired) electrons. The van der Waals surface area contributed by atoms with Crippen molar-refractivity contribution in [3.63, 3.8) is 0 Å². The van der Waals surface area contributed by atoms with Crippen LogP contribution in [0.15, 0.2) is 55.1 Å². The van der Waals surface area contributed by atoms with Gasteiger partial charge in [-0.15, -0.1) is 0 Å². The second kappa shape index (κ2) is 4.93. The Bertz CT molecular complexity index is 738. The summed E-state index contributed by atoms with van der Waals surface area (Å²) in [6.07, 6.45) is 4.30. The minimum atomic E-state index is -1.02. The molecule has 0 bridgehead atoms. The van der Waals surface area contributed by atoms with Crippen molar-refractivity contribution in [2.75, 3.05) is 0 Å². The lowest BCUT2D eigenvalue weighted by Crippen LogP contribution is -2.04. The van der Waals surface area contributed by atoms with E-state index in [9.17, 15) is 9.90 Å². The standard InChI is InChI=1S/C14H10N4O2/c19-14(20)11-8-17-18(12-6-7-15-9-16-12)13(11)10-4-2-1-3-5-10/h1-9H,(H,19,20). The molecule has 0 saturated heterocycles. The fraction of sp³-hybridized carbons (Fsp3) is 0. The molecule has 0 fully saturated rings. The van der Waals surface area contributed by atoms with Gasteiger partial charge in [-0.1, -0.05) is 30.3 Å². The van der Waals surface area contributed by atoms with E-state index in [0.29, 0.717) is 11.5 Å². The zero-order chi connectivity index (χ0) is 13.9. The van der Waals surface area contributed by atoms with Crippen LogP contribution in [0.25, 0.3) is 17.1 Å². The first-order valence-electron chi connectivity index (χ1n) is 5.90. The van der Waals surface area contributed by atoms with Gasteiger partial charge in [0, 0.05) is 17.8 Å². The number of benzene rings is 1. The normalized spacial score (nSPS) is 10.4. The summed E-state index contributed by atoms with van der Waals surface area (Å²) in [7, 11) is 0. The molecular formula is C14H10N4O2. The van der Waals surface area contributed by atoms with Crippen LogP contribution in [0, 0.1) is 0 Å². The second-order valence-electron chi connectivity index (χ2n) is 4.06. The van der Waals surface area contributed by atoms with Crippen LogP contribution in [-0.2, 0) is 0 Å². The van der Waals surface area contributed by atoms with Gasteiger partial charge in [-0.25, -0.2) is 19.4 Å². The molecule has 3 aromatic rings. The van der Waals surface area contributed by atoms with Gasteiger partial charge in [-0.2, -0.15) is 5.10 Å². The highest BCUT2D eigenvalue weighted by Crippen LogP contribution is 2.25. The molecule has 98 valence electrons. The number of aromatic carboxylic acids is 1. The van der Waals surface area contributed by atoms with Crippen LogP contribution in [0.1, 0.15) is 10.4 Å². The Morgan fingerprint density at radius 2 is 1.95 bits per heavy atom. The Morgan fingerprint density at radius 1 is 1.15 bits per heavy atom. The van der Waals surface area contributed by atoms with Gasteiger partial charge < -0.3 is 5.11 Å². The van der Waals surface area contributed by atoms with E-state index in [1.54, 1.807) is 12.3 Å². The Kier molecular flexibility index (Phi) is 2.96. The topological polar surface area (TPSA) is 80.9 Å². The van der Waals surface area contributed by atoms with Crippen LogP contribution in [0.5, 0.6) is 0 Å². The number of nitrogens with zero attached hydrogens (tertiary/aromatic N) is 4. The third-order valence-corrected chi connectivity index (χ3v) is 2.83. The Hall–Kier alpha value is -3.02. The zero-order valence-electron chi connectivity index (χ0n) is 10.3. The Balaban J connectivity index is 2.25. The lowest BCUT2D eigenvalue weighted by molar-refractivity contribution is 0.0697. The molecule has 0 saturated carbocycles. The number of carboxylic acid groups (broad SMARTS) is 1. The van der Waals surface area contributed by atoms with E-state index in [-0.39, 0.29) is 5.56 Å². The van der Waals surface area contributed by atoms with Gasteiger partial charge in [0.2, 0.25) is 0 Å². The molecule has 0 amide bonds.